The SMILES string of the molecule is Cc1ccc(C(=O)N2CCN(CC(=O)Nc3ccccc3C(C)C)CC2)cc1F. The fourth-order valence-corrected chi connectivity index (χ4v) is 3.52. The number of nitrogens with zero attached hydrogens (tertiary/aromatic N) is 2. The number of carbonyl (C=O) groups is 2. The molecule has 0 aromatic heterocycles. The molecule has 1 saturated heterocycles. The Morgan fingerprint density at radius 1 is 1.07 bits per heavy atom. The molecule has 0 unspecified atom stereocenters. The molecule has 0 radical (unpaired) electrons. The van der Waals surface area contributed by atoms with E-state index < -0.39 is 0 Å². The normalized spacial score (nSPS) is 14.9. The van der Waals surface area contributed by atoms with Crippen LogP contribution >= 0.6 is 0 Å². The standard InChI is InChI=1S/C23H28FN3O2/c1-16(2)19-6-4-5-7-21(19)25-22(28)15-26-10-12-27(13-11-26)23(29)18-9-8-17(3)20(24)14-18/h4-9,14,16H,10-13,15H2,1-3H3,(H,25,28). The first-order valence-electron chi connectivity index (χ1n) is 10.0. The van der Waals surface area contributed by atoms with Gasteiger partial charge in [-0.15, -0.1) is 0 Å². The Bertz CT molecular complexity index is 889. The summed E-state index contributed by atoms with van der Waals surface area (Å²) in [5.41, 5.74) is 2.85. The van der Waals surface area contributed by atoms with E-state index in [4.69, 9.17) is 0 Å². The highest BCUT2D eigenvalue weighted by Crippen LogP contribution is 2.23. The number of halogens is 1. The van der Waals surface area contributed by atoms with Gasteiger partial charge >= 0.3 is 0 Å². The predicted octanol–water partition coefficient (Wildman–Crippen LogP) is 3.65. The minimum atomic E-state index is -0.368. The Morgan fingerprint density at radius 3 is 2.41 bits per heavy atom. The van der Waals surface area contributed by atoms with Crippen molar-refractivity contribution in [3.8, 4) is 0 Å². The second-order valence-electron chi connectivity index (χ2n) is 7.82. The van der Waals surface area contributed by atoms with Crippen LogP contribution in [0, 0.1) is 12.7 Å². The van der Waals surface area contributed by atoms with Crippen LogP contribution in [0.4, 0.5) is 10.1 Å². The summed E-state index contributed by atoms with van der Waals surface area (Å²) in [5, 5.41) is 3.01. The summed E-state index contributed by atoms with van der Waals surface area (Å²) >= 11 is 0. The van der Waals surface area contributed by atoms with E-state index in [2.05, 4.69) is 19.2 Å². The molecule has 1 aliphatic rings. The van der Waals surface area contributed by atoms with E-state index in [0.29, 0.717) is 43.2 Å². The molecular formula is C23H28FN3O2. The van der Waals surface area contributed by atoms with Crippen LogP contribution in [0.3, 0.4) is 0 Å². The molecule has 154 valence electrons. The van der Waals surface area contributed by atoms with Crippen LogP contribution in [-0.2, 0) is 4.79 Å². The molecule has 0 bridgehead atoms. The Hall–Kier alpha value is -2.73. The van der Waals surface area contributed by atoms with Crippen molar-refractivity contribution in [2.24, 2.45) is 0 Å². The van der Waals surface area contributed by atoms with Gasteiger partial charge in [-0.25, -0.2) is 4.39 Å². The summed E-state index contributed by atoms with van der Waals surface area (Å²) in [6, 6.07) is 12.4. The summed E-state index contributed by atoms with van der Waals surface area (Å²) in [6.45, 7) is 8.41. The van der Waals surface area contributed by atoms with Gasteiger partial charge in [0.15, 0.2) is 0 Å². The lowest BCUT2D eigenvalue weighted by molar-refractivity contribution is -0.117. The van der Waals surface area contributed by atoms with Crippen molar-refractivity contribution in [3.05, 3.63) is 65.0 Å². The van der Waals surface area contributed by atoms with E-state index in [9.17, 15) is 14.0 Å². The Labute approximate surface area is 171 Å². The fraction of sp³-hybridized carbons (Fsp3) is 0.391. The average Bonchev–Trinajstić information content (AvgIpc) is 2.70. The molecule has 6 heteroatoms. The Balaban J connectivity index is 1.52. The number of benzene rings is 2. The fourth-order valence-electron chi connectivity index (χ4n) is 3.52. The second kappa shape index (κ2) is 9.18. The van der Waals surface area contributed by atoms with Crippen LogP contribution in [0.25, 0.3) is 0 Å². The zero-order valence-electron chi connectivity index (χ0n) is 17.2. The van der Waals surface area contributed by atoms with Crippen molar-refractivity contribution in [3.63, 3.8) is 0 Å². The summed E-state index contributed by atoms with van der Waals surface area (Å²) < 4.78 is 13.7. The number of piperazine rings is 1. The number of rotatable bonds is 5. The molecule has 3 rings (SSSR count). The summed E-state index contributed by atoms with van der Waals surface area (Å²) in [7, 11) is 0. The topological polar surface area (TPSA) is 52.7 Å². The zero-order chi connectivity index (χ0) is 21.0. The van der Waals surface area contributed by atoms with E-state index >= 15 is 0 Å². The summed E-state index contributed by atoms with van der Waals surface area (Å²) in [6.07, 6.45) is 0. The molecule has 29 heavy (non-hydrogen) atoms. The summed E-state index contributed by atoms with van der Waals surface area (Å²) in [5.74, 6) is -0.266. The lowest BCUT2D eigenvalue weighted by Gasteiger charge is -2.34. The molecular weight excluding hydrogens is 369 g/mol. The first-order valence-corrected chi connectivity index (χ1v) is 10.0. The molecule has 0 spiro atoms. The monoisotopic (exact) mass is 397 g/mol. The molecule has 0 aliphatic carbocycles. The van der Waals surface area contributed by atoms with E-state index in [1.54, 1.807) is 24.0 Å². The maximum absolute atomic E-state index is 13.7. The van der Waals surface area contributed by atoms with E-state index in [1.807, 2.05) is 29.2 Å². The number of para-hydroxylation sites is 1. The van der Waals surface area contributed by atoms with Gasteiger partial charge in [-0.05, 0) is 42.2 Å². The van der Waals surface area contributed by atoms with Gasteiger partial charge in [-0.1, -0.05) is 38.1 Å². The van der Waals surface area contributed by atoms with Gasteiger partial charge in [-0.2, -0.15) is 0 Å². The van der Waals surface area contributed by atoms with Crippen LogP contribution in [-0.4, -0.2) is 54.3 Å². The molecule has 1 fully saturated rings. The van der Waals surface area contributed by atoms with Gasteiger partial charge < -0.3 is 10.2 Å². The van der Waals surface area contributed by atoms with Gasteiger partial charge in [-0.3, -0.25) is 14.5 Å². The van der Waals surface area contributed by atoms with E-state index in [-0.39, 0.29) is 24.2 Å². The van der Waals surface area contributed by atoms with Crippen molar-refractivity contribution in [2.45, 2.75) is 26.7 Å². The Morgan fingerprint density at radius 2 is 1.76 bits per heavy atom. The van der Waals surface area contributed by atoms with E-state index in [0.717, 1.165) is 11.3 Å². The minimum absolute atomic E-state index is 0.0570. The van der Waals surface area contributed by atoms with Crippen LogP contribution in [0.15, 0.2) is 42.5 Å². The van der Waals surface area contributed by atoms with Crippen molar-refractivity contribution in [1.82, 2.24) is 9.80 Å². The number of carbonyl (C=O) groups excluding carboxylic acids is 2. The van der Waals surface area contributed by atoms with Crippen molar-refractivity contribution in [1.29, 1.82) is 0 Å². The van der Waals surface area contributed by atoms with Crippen molar-refractivity contribution in [2.75, 3.05) is 38.0 Å². The quantitative estimate of drug-likeness (QED) is 0.838. The lowest BCUT2D eigenvalue weighted by atomic mass is 10.0. The first kappa shape index (κ1) is 21.0. The predicted molar refractivity (Wildman–Crippen MR) is 113 cm³/mol. The zero-order valence-corrected chi connectivity index (χ0v) is 17.2. The maximum atomic E-state index is 13.7. The van der Waals surface area contributed by atoms with Gasteiger partial charge in [0.05, 0.1) is 6.54 Å². The van der Waals surface area contributed by atoms with Crippen LogP contribution < -0.4 is 5.32 Å². The third-order valence-electron chi connectivity index (χ3n) is 5.30. The number of hydrogen-bond acceptors (Lipinski definition) is 3. The Kier molecular flexibility index (Phi) is 6.64. The third-order valence-corrected chi connectivity index (χ3v) is 5.30. The lowest BCUT2D eigenvalue weighted by Crippen LogP contribution is -2.50. The van der Waals surface area contributed by atoms with Crippen LogP contribution in [0.1, 0.15) is 41.3 Å². The largest absolute Gasteiger partial charge is 0.336 e. The number of hydrogen-bond donors (Lipinski definition) is 1. The number of anilines is 1. The third kappa shape index (κ3) is 5.21. The highest BCUT2D eigenvalue weighted by Gasteiger charge is 2.24. The highest BCUT2D eigenvalue weighted by molar-refractivity contribution is 5.94. The van der Waals surface area contributed by atoms with E-state index in [1.165, 1.54) is 6.07 Å². The van der Waals surface area contributed by atoms with Crippen molar-refractivity contribution >= 4 is 17.5 Å². The molecule has 2 aromatic rings. The number of amides is 2. The van der Waals surface area contributed by atoms with Crippen LogP contribution in [0.5, 0.6) is 0 Å². The summed E-state index contributed by atoms with van der Waals surface area (Å²) in [4.78, 5) is 28.8. The molecule has 2 amide bonds. The van der Waals surface area contributed by atoms with Gasteiger partial charge in [0.25, 0.3) is 5.91 Å². The molecule has 2 aromatic carbocycles. The van der Waals surface area contributed by atoms with Crippen molar-refractivity contribution < 1.29 is 14.0 Å². The van der Waals surface area contributed by atoms with Gasteiger partial charge in [0, 0.05) is 37.4 Å². The minimum Gasteiger partial charge on any atom is -0.336 e. The molecule has 5 nitrogen and oxygen atoms in total. The number of aryl methyl sites for hydroxylation is 1. The maximum Gasteiger partial charge on any atom is 0.254 e. The first-order chi connectivity index (χ1) is 13.8. The highest BCUT2D eigenvalue weighted by atomic mass is 19.1. The van der Waals surface area contributed by atoms with Gasteiger partial charge in [0.2, 0.25) is 5.91 Å². The average molecular weight is 397 g/mol. The molecule has 0 saturated carbocycles. The molecule has 1 N–H and O–H groups in total. The number of nitrogens with one attached hydrogen (secondary N) is 1. The molecule has 0 atom stereocenters. The second-order valence-corrected chi connectivity index (χ2v) is 7.82. The molecule has 1 aliphatic heterocycles. The van der Waals surface area contributed by atoms with Gasteiger partial charge in [0.1, 0.15) is 5.82 Å². The van der Waals surface area contributed by atoms with Crippen LogP contribution in [0.2, 0.25) is 0 Å². The molecule has 1 heterocycles. The smallest absolute Gasteiger partial charge is 0.254 e.